The van der Waals surface area contributed by atoms with Crippen LogP contribution in [0.2, 0.25) is 0 Å². The molecule has 0 unspecified atom stereocenters. The average Bonchev–Trinajstić information content (AvgIpc) is 3.91. The van der Waals surface area contributed by atoms with Crippen LogP contribution >= 0.6 is 0 Å². The highest BCUT2D eigenvalue weighted by atomic mass is 15.0. The van der Waals surface area contributed by atoms with Crippen molar-refractivity contribution in [3.05, 3.63) is 230 Å². The standard InChI is InChI=1S/C60H36N6/c61-37-45-33-44(34-46(38-62)59(45)54-36-53(42-13-3-1-4-14-42)63-60(64-54)43-15-5-2-6-16-43)41-25-23-39(24-26-41)40-27-29-47(30-28-40)65-57-22-12-9-19-51(57)52-35-48(31-32-58(52)65)66-55-20-10-7-17-49(55)50-18-8-11-21-56(50)66/h1-36H. The van der Waals surface area contributed by atoms with Gasteiger partial charge in [0.1, 0.15) is 0 Å². The average molecular weight is 841 g/mol. The fourth-order valence-corrected chi connectivity index (χ4v) is 9.55. The van der Waals surface area contributed by atoms with Crippen molar-refractivity contribution in [1.82, 2.24) is 19.1 Å². The third-order valence-corrected chi connectivity index (χ3v) is 12.6. The summed E-state index contributed by atoms with van der Waals surface area (Å²) < 4.78 is 4.72. The van der Waals surface area contributed by atoms with Crippen LogP contribution in [-0.2, 0) is 0 Å². The normalized spacial score (nSPS) is 11.3. The highest BCUT2D eigenvalue weighted by Crippen LogP contribution is 2.39. The molecule has 3 heterocycles. The maximum Gasteiger partial charge on any atom is 0.160 e. The van der Waals surface area contributed by atoms with Gasteiger partial charge in [-0.25, -0.2) is 9.97 Å². The fourth-order valence-electron chi connectivity index (χ4n) is 9.55. The summed E-state index contributed by atoms with van der Waals surface area (Å²) in [6, 6.07) is 79.7. The molecular formula is C60H36N6. The van der Waals surface area contributed by atoms with E-state index in [9.17, 15) is 10.5 Å². The molecular weight excluding hydrogens is 805 g/mol. The predicted octanol–water partition coefficient (Wildman–Crippen LogP) is 14.7. The Labute approximate surface area is 380 Å². The van der Waals surface area contributed by atoms with Crippen molar-refractivity contribution in [3.63, 3.8) is 0 Å². The van der Waals surface area contributed by atoms with Gasteiger partial charge >= 0.3 is 0 Å². The van der Waals surface area contributed by atoms with Crippen LogP contribution < -0.4 is 0 Å². The van der Waals surface area contributed by atoms with Gasteiger partial charge in [0.2, 0.25) is 0 Å². The van der Waals surface area contributed by atoms with Gasteiger partial charge in [-0.2, -0.15) is 10.5 Å². The van der Waals surface area contributed by atoms with Gasteiger partial charge in [0, 0.05) is 49.6 Å². The van der Waals surface area contributed by atoms with Crippen LogP contribution in [0, 0.1) is 22.7 Å². The van der Waals surface area contributed by atoms with E-state index in [0.717, 1.165) is 55.8 Å². The first-order chi connectivity index (χ1) is 32.6. The van der Waals surface area contributed by atoms with E-state index in [-0.39, 0.29) is 0 Å². The maximum absolute atomic E-state index is 10.6. The summed E-state index contributed by atoms with van der Waals surface area (Å²) in [7, 11) is 0. The van der Waals surface area contributed by atoms with Gasteiger partial charge in [0.05, 0.1) is 56.7 Å². The summed E-state index contributed by atoms with van der Waals surface area (Å²) in [6.07, 6.45) is 0. The molecule has 0 atom stereocenters. The molecule has 0 radical (unpaired) electrons. The van der Waals surface area contributed by atoms with Crippen molar-refractivity contribution in [3.8, 4) is 79.7 Å². The Hall–Kier alpha value is -9.36. The van der Waals surface area contributed by atoms with E-state index in [2.05, 4.69) is 149 Å². The van der Waals surface area contributed by atoms with Crippen molar-refractivity contribution < 1.29 is 0 Å². The lowest BCUT2D eigenvalue weighted by Crippen LogP contribution is -1.99. The Morgan fingerprint density at radius 2 is 0.742 bits per heavy atom. The lowest BCUT2D eigenvalue weighted by molar-refractivity contribution is 1.17. The number of rotatable bonds is 7. The Morgan fingerprint density at radius 1 is 0.318 bits per heavy atom. The lowest BCUT2D eigenvalue weighted by Gasteiger charge is -2.13. The highest BCUT2D eigenvalue weighted by molar-refractivity contribution is 6.12. The van der Waals surface area contributed by atoms with Crippen LogP contribution in [-0.4, -0.2) is 19.1 Å². The highest BCUT2D eigenvalue weighted by Gasteiger charge is 2.20. The molecule has 0 fully saturated rings. The SMILES string of the molecule is N#Cc1cc(-c2ccc(-c3ccc(-n4c5ccccc5c5cc(-n6c7ccccc7c7ccccc76)ccc54)cc3)cc2)cc(C#N)c1-c1cc(-c2ccccc2)nc(-c2ccccc2)n1. The van der Waals surface area contributed by atoms with Crippen molar-refractivity contribution in [1.29, 1.82) is 10.5 Å². The summed E-state index contributed by atoms with van der Waals surface area (Å²) in [5.74, 6) is 0.521. The number of para-hydroxylation sites is 3. The topological polar surface area (TPSA) is 83.2 Å². The molecule has 0 aliphatic heterocycles. The number of nitriles is 2. The first-order valence-corrected chi connectivity index (χ1v) is 21.8. The van der Waals surface area contributed by atoms with Gasteiger partial charge in [-0.3, -0.25) is 0 Å². The van der Waals surface area contributed by atoms with Gasteiger partial charge in [0.25, 0.3) is 0 Å². The summed E-state index contributed by atoms with van der Waals surface area (Å²) in [5, 5.41) is 26.0. The second-order valence-corrected chi connectivity index (χ2v) is 16.4. The quantitative estimate of drug-likeness (QED) is 0.160. The molecule has 12 aromatic rings. The van der Waals surface area contributed by atoms with Crippen LogP contribution in [0.1, 0.15) is 11.1 Å². The molecule has 12 rings (SSSR count). The van der Waals surface area contributed by atoms with Crippen LogP contribution in [0.4, 0.5) is 0 Å². The molecule has 6 nitrogen and oxygen atoms in total. The van der Waals surface area contributed by atoms with E-state index in [4.69, 9.17) is 9.97 Å². The van der Waals surface area contributed by atoms with Crippen LogP contribution in [0.15, 0.2) is 218 Å². The molecule has 306 valence electrons. The van der Waals surface area contributed by atoms with E-state index in [1.807, 2.05) is 91.0 Å². The molecule has 6 heteroatoms. The van der Waals surface area contributed by atoms with Crippen molar-refractivity contribution >= 4 is 43.6 Å². The zero-order valence-electron chi connectivity index (χ0n) is 35.5. The first-order valence-electron chi connectivity index (χ1n) is 21.8. The maximum atomic E-state index is 10.6. The van der Waals surface area contributed by atoms with E-state index in [1.165, 1.54) is 32.6 Å². The van der Waals surface area contributed by atoms with Crippen molar-refractivity contribution in [2.24, 2.45) is 0 Å². The smallest absolute Gasteiger partial charge is 0.160 e. The summed E-state index contributed by atoms with van der Waals surface area (Å²) in [5.41, 5.74) is 14.9. The minimum atomic E-state index is 0.369. The van der Waals surface area contributed by atoms with E-state index in [1.54, 1.807) is 0 Å². The molecule has 0 bridgehead atoms. The molecule has 3 aromatic heterocycles. The molecule has 0 aliphatic rings. The van der Waals surface area contributed by atoms with E-state index < -0.39 is 0 Å². The summed E-state index contributed by atoms with van der Waals surface area (Å²) >= 11 is 0. The van der Waals surface area contributed by atoms with Gasteiger partial charge in [0.15, 0.2) is 5.82 Å². The van der Waals surface area contributed by atoms with Crippen molar-refractivity contribution in [2.75, 3.05) is 0 Å². The summed E-state index contributed by atoms with van der Waals surface area (Å²) in [6.45, 7) is 0. The van der Waals surface area contributed by atoms with Gasteiger partial charge in [-0.15, -0.1) is 0 Å². The Balaban J connectivity index is 0.877. The van der Waals surface area contributed by atoms with E-state index in [0.29, 0.717) is 33.9 Å². The molecule has 0 saturated heterocycles. The van der Waals surface area contributed by atoms with Crippen LogP contribution in [0.3, 0.4) is 0 Å². The molecule has 0 saturated carbocycles. The number of benzene rings is 9. The van der Waals surface area contributed by atoms with E-state index >= 15 is 0 Å². The third kappa shape index (κ3) is 6.41. The van der Waals surface area contributed by atoms with Gasteiger partial charge in [-0.05, 0) is 89.0 Å². The minimum Gasteiger partial charge on any atom is -0.309 e. The second-order valence-electron chi connectivity index (χ2n) is 16.4. The fraction of sp³-hybridized carbons (Fsp3) is 0. The molecule has 0 aliphatic carbocycles. The number of fused-ring (bicyclic) bond motifs is 6. The number of aromatic nitrogens is 4. The Kier molecular flexibility index (Phi) is 9.16. The molecule has 9 aromatic carbocycles. The molecule has 0 amide bonds. The van der Waals surface area contributed by atoms with Gasteiger partial charge < -0.3 is 9.13 Å². The Bertz CT molecular complexity index is 3780. The monoisotopic (exact) mass is 840 g/mol. The minimum absolute atomic E-state index is 0.369. The first kappa shape index (κ1) is 38.3. The van der Waals surface area contributed by atoms with Crippen molar-refractivity contribution in [2.45, 2.75) is 0 Å². The number of nitrogens with zero attached hydrogens (tertiary/aromatic N) is 6. The predicted molar refractivity (Wildman–Crippen MR) is 267 cm³/mol. The zero-order valence-corrected chi connectivity index (χ0v) is 35.5. The molecule has 0 spiro atoms. The van der Waals surface area contributed by atoms with Gasteiger partial charge in [-0.1, -0.05) is 152 Å². The van der Waals surface area contributed by atoms with Crippen LogP contribution in [0.25, 0.3) is 111 Å². The lowest BCUT2D eigenvalue weighted by atomic mass is 9.92. The second kappa shape index (κ2) is 15.8. The number of hydrogen-bond acceptors (Lipinski definition) is 4. The third-order valence-electron chi connectivity index (χ3n) is 12.6. The summed E-state index contributed by atoms with van der Waals surface area (Å²) in [4.78, 5) is 9.83. The number of hydrogen-bond donors (Lipinski definition) is 0. The largest absolute Gasteiger partial charge is 0.309 e. The molecule has 66 heavy (non-hydrogen) atoms. The Morgan fingerprint density at radius 3 is 1.30 bits per heavy atom. The van der Waals surface area contributed by atoms with Crippen LogP contribution in [0.5, 0.6) is 0 Å². The zero-order chi connectivity index (χ0) is 44.1. The molecule has 0 N–H and O–H groups in total.